The van der Waals surface area contributed by atoms with Crippen LogP contribution in [0.15, 0.2) is 55.2 Å². The molecule has 0 saturated carbocycles. The van der Waals surface area contributed by atoms with Crippen molar-refractivity contribution in [3.05, 3.63) is 55.2 Å². The van der Waals surface area contributed by atoms with Crippen LogP contribution in [0.25, 0.3) is 44.6 Å². The Balaban J connectivity index is 1.39. The zero-order valence-electron chi connectivity index (χ0n) is 20.0. The molecule has 1 saturated heterocycles. The number of carbonyl (C=O) groups excluding carboxylic acids is 1. The average molecular weight is 484 g/mol. The van der Waals surface area contributed by atoms with E-state index in [2.05, 4.69) is 30.6 Å². The average Bonchev–Trinajstić information content (AvgIpc) is 3.56. The first-order valence-corrected chi connectivity index (χ1v) is 11.8. The number of aromatic amines is 1. The summed E-state index contributed by atoms with van der Waals surface area (Å²) in [4.78, 5) is 35.4. The van der Waals surface area contributed by atoms with E-state index in [1.165, 1.54) is 7.11 Å². The van der Waals surface area contributed by atoms with Crippen LogP contribution in [0.3, 0.4) is 0 Å². The highest BCUT2D eigenvalue weighted by Crippen LogP contribution is 2.33. The van der Waals surface area contributed by atoms with Crippen molar-refractivity contribution in [3.8, 4) is 28.3 Å². The number of carbonyl (C=O) groups is 1. The lowest BCUT2D eigenvalue weighted by molar-refractivity contribution is 0.104. The second-order valence-electron chi connectivity index (χ2n) is 8.81. The monoisotopic (exact) mass is 483 g/mol. The van der Waals surface area contributed by atoms with Crippen molar-refractivity contribution in [2.45, 2.75) is 18.9 Å². The number of ether oxygens (including phenoxy) is 2. The van der Waals surface area contributed by atoms with Crippen LogP contribution >= 0.6 is 0 Å². The molecule has 1 N–H and O–H groups in total. The number of fused-ring (bicyclic) bond motifs is 2. The number of imidazole rings is 1. The van der Waals surface area contributed by atoms with E-state index in [4.69, 9.17) is 14.5 Å². The van der Waals surface area contributed by atoms with Crippen molar-refractivity contribution in [2.24, 2.45) is 0 Å². The van der Waals surface area contributed by atoms with Gasteiger partial charge >= 0.3 is 6.09 Å². The number of nitrogens with zero attached hydrogens (tertiary/aromatic N) is 6. The molecular formula is C26H25N7O3. The van der Waals surface area contributed by atoms with Gasteiger partial charge in [0, 0.05) is 42.7 Å². The summed E-state index contributed by atoms with van der Waals surface area (Å²) in [6.07, 6.45) is 8.84. The van der Waals surface area contributed by atoms with Crippen molar-refractivity contribution in [3.63, 3.8) is 0 Å². The van der Waals surface area contributed by atoms with Gasteiger partial charge in [-0.3, -0.25) is 0 Å². The summed E-state index contributed by atoms with van der Waals surface area (Å²) in [6, 6.07) is 10.1. The quantitative estimate of drug-likeness (QED) is 0.402. The van der Waals surface area contributed by atoms with E-state index < -0.39 is 0 Å². The van der Waals surface area contributed by atoms with Crippen molar-refractivity contribution in [1.29, 1.82) is 0 Å². The molecule has 182 valence electrons. The van der Waals surface area contributed by atoms with Crippen molar-refractivity contribution in [1.82, 2.24) is 34.4 Å². The molecule has 36 heavy (non-hydrogen) atoms. The highest BCUT2D eigenvalue weighted by atomic mass is 16.5. The molecule has 1 aromatic carbocycles. The fourth-order valence-corrected chi connectivity index (χ4v) is 4.89. The lowest BCUT2D eigenvalue weighted by Crippen LogP contribution is -2.40. The van der Waals surface area contributed by atoms with Gasteiger partial charge in [-0.2, -0.15) is 0 Å². The largest absolute Gasteiger partial charge is 0.481 e. The summed E-state index contributed by atoms with van der Waals surface area (Å²) >= 11 is 0. The second kappa shape index (κ2) is 8.95. The van der Waals surface area contributed by atoms with Crippen LogP contribution in [0.5, 0.6) is 5.88 Å². The third-order valence-electron chi connectivity index (χ3n) is 6.73. The maximum absolute atomic E-state index is 12.1. The van der Waals surface area contributed by atoms with E-state index in [0.29, 0.717) is 24.6 Å². The van der Waals surface area contributed by atoms with Crippen molar-refractivity contribution < 1.29 is 14.3 Å². The minimum absolute atomic E-state index is 0.133. The number of aromatic nitrogens is 6. The van der Waals surface area contributed by atoms with Crippen LogP contribution in [-0.2, 0) is 4.74 Å². The van der Waals surface area contributed by atoms with Crippen LogP contribution in [0.4, 0.5) is 4.79 Å². The number of rotatable bonds is 4. The Hall–Kier alpha value is -4.47. The number of amides is 1. The van der Waals surface area contributed by atoms with Gasteiger partial charge in [0.1, 0.15) is 5.52 Å². The first-order chi connectivity index (χ1) is 17.6. The van der Waals surface area contributed by atoms with E-state index in [1.807, 2.05) is 36.8 Å². The summed E-state index contributed by atoms with van der Waals surface area (Å²) in [5.41, 5.74) is 6.99. The summed E-state index contributed by atoms with van der Waals surface area (Å²) in [6.45, 7) is 1.31. The van der Waals surface area contributed by atoms with Crippen LogP contribution in [-0.4, -0.2) is 67.8 Å². The fourth-order valence-electron chi connectivity index (χ4n) is 4.89. The minimum Gasteiger partial charge on any atom is -0.481 e. The van der Waals surface area contributed by atoms with Crippen LogP contribution in [0.1, 0.15) is 18.9 Å². The summed E-state index contributed by atoms with van der Waals surface area (Å²) in [5, 5.41) is 0. The SMILES string of the molecule is COC(=O)N1CCCC(n2cnc3ccc(-c4c[nH]c5ncc(-c6ccnc(OC)c6)nc45)cc32)C1. The lowest BCUT2D eigenvalue weighted by atomic mass is 10.0. The smallest absolute Gasteiger partial charge is 0.409 e. The number of nitrogens with one attached hydrogen (secondary N) is 1. The molecular weight excluding hydrogens is 458 g/mol. The van der Waals surface area contributed by atoms with Crippen LogP contribution in [0, 0.1) is 0 Å². The Bertz CT molecular complexity index is 1570. The molecule has 0 aliphatic carbocycles. The standard InChI is InChI=1S/C26H25N7O3/c1-35-23-11-17(7-8-27-23)21-13-29-25-24(31-21)19(12-28-25)16-5-6-20-22(10-16)33(15-30-20)18-4-3-9-32(14-18)26(34)36-2/h5-8,10-13,15,18H,3-4,9,14H2,1-2H3,(H,28,29). The third kappa shape index (κ3) is 3.80. The molecule has 10 heteroatoms. The first-order valence-electron chi connectivity index (χ1n) is 11.8. The van der Waals surface area contributed by atoms with Crippen molar-refractivity contribution in [2.75, 3.05) is 27.3 Å². The first kappa shape index (κ1) is 22.0. The molecule has 1 aliphatic heterocycles. The molecule has 0 spiro atoms. The fraction of sp³-hybridized carbons (Fsp3) is 0.269. The van der Waals surface area contributed by atoms with Crippen molar-refractivity contribution >= 4 is 28.3 Å². The Kier molecular flexibility index (Phi) is 5.48. The minimum atomic E-state index is -0.287. The molecule has 5 aromatic rings. The van der Waals surface area contributed by atoms with Crippen LogP contribution < -0.4 is 4.74 Å². The molecule has 1 fully saturated rings. The number of benzene rings is 1. The van der Waals surface area contributed by atoms with Crippen LogP contribution in [0.2, 0.25) is 0 Å². The molecule has 1 aliphatic rings. The molecule has 1 unspecified atom stereocenters. The van der Waals surface area contributed by atoms with E-state index in [9.17, 15) is 4.79 Å². The number of piperidine rings is 1. The Morgan fingerprint density at radius 2 is 2.03 bits per heavy atom. The predicted molar refractivity (Wildman–Crippen MR) is 135 cm³/mol. The summed E-state index contributed by atoms with van der Waals surface area (Å²) in [5.74, 6) is 0.524. The molecule has 0 radical (unpaired) electrons. The highest BCUT2D eigenvalue weighted by molar-refractivity contribution is 5.94. The predicted octanol–water partition coefficient (Wildman–Crippen LogP) is 4.45. The van der Waals surface area contributed by atoms with Gasteiger partial charge in [-0.15, -0.1) is 0 Å². The molecule has 1 atom stereocenters. The molecule has 1 amide bonds. The normalized spacial score (nSPS) is 15.9. The molecule has 5 heterocycles. The number of H-pyrrole nitrogens is 1. The number of pyridine rings is 1. The molecule has 4 aromatic heterocycles. The molecule has 10 nitrogen and oxygen atoms in total. The second-order valence-corrected chi connectivity index (χ2v) is 8.81. The lowest BCUT2D eigenvalue weighted by Gasteiger charge is -2.32. The van der Waals surface area contributed by atoms with Gasteiger partial charge < -0.3 is 23.9 Å². The zero-order valence-corrected chi connectivity index (χ0v) is 20.0. The molecule has 0 bridgehead atoms. The van der Waals surface area contributed by atoms with Gasteiger partial charge in [0.15, 0.2) is 5.65 Å². The van der Waals surface area contributed by atoms with Gasteiger partial charge in [-0.1, -0.05) is 6.07 Å². The van der Waals surface area contributed by atoms with E-state index >= 15 is 0 Å². The van der Waals surface area contributed by atoms with Gasteiger partial charge in [-0.25, -0.2) is 24.7 Å². The van der Waals surface area contributed by atoms with E-state index in [1.54, 1.807) is 24.4 Å². The number of hydrogen-bond donors (Lipinski definition) is 1. The van der Waals surface area contributed by atoms with Gasteiger partial charge in [0.2, 0.25) is 5.88 Å². The highest BCUT2D eigenvalue weighted by Gasteiger charge is 2.26. The Morgan fingerprint density at radius 1 is 1.11 bits per heavy atom. The summed E-state index contributed by atoms with van der Waals surface area (Å²) < 4.78 is 12.4. The number of methoxy groups -OCH3 is 2. The van der Waals surface area contributed by atoms with E-state index in [0.717, 1.165) is 51.8 Å². The van der Waals surface area contributed by atoms with Gasteiger partial charge in [0.25, 0.3) is 0 Å². The number of likely N-dealkylation sites (tertiary alicyclic amines) is 1. The Morgan fingerprint density at radius 3 is 2.89 bits per heavy atom. The van der Waals surface area contributed by atoms with Gasteiger partial charge in [0.05, 0.1) is 49.5 Å². The zero-order chi connectivity index (χ0) is 24.6. The summed E-state index contributed by atoms with van der Waals surface area (Å²) in [7, 11) is 3.01. The maximum Gasteiger partial charge on any atom is 0.409 e. The van der Waals surface area contributed by atoms with Gasteiger partial charge in [-0.05, 0) is 36.6 Å². The van der Waals surface area contributed by atoms with E-state index in [-0.39, 0.29) is 12.1 Å². The Labute approximate surface area is 206 Å². The number of hydrogen-bond acceptors (Lipinski definition) is 7. The topological polar surface area (TPSA) is 111 Å². The maximum atomic E-state index is 12.1. The third-order valence-corrected chi connectivity index (χ3v) is 6.73. The molecule has 6 rings (SSSR count).